The molecule has 6 heteroatoms. The van der Waals surface area contributed by atoms with Gasteiger partial charge in [0.25, 0.3) is 5.91 Å². The Morgan fingerprint density at radius 2 is 1.52 bits per heavy atom. The number of benzene rings is 3. The van der Waals surface area contributed by atoms with Crippen LogP contribution in [0.3, 0.4) is 0 Å². The summed E-state index contributed by atoms with van der Waals surface area (Å²) in [6, 6.07) is 26.8. The van der Waals surface area contributed by atoms with Crippen molar-refractivity contribution in [1.82, 2.24) is 15.5 Å². The number of carbonyl (C=O) groups excluding carboxylic acids is 2. The summed E-state index contributed by atoms with van der Waals surface area (Å²) in [5, 5.41) is 5.74. The molecule has 166 valence electrons. The minimum absolute atomic E-state index is 0.0390. The molecule has 6 nitrogen and oxygen atoms in total. The van der Waals surface area contributed by atoms with Crippen LogP contribution in [0.4, 0.5) is 4.79 Å². The van der Waals surface area contributed by atoms with Crippen molar-refractivity contribution in [3.05, 3.63) is 113 Å². The summed E-state index contributed by atoms with van der Waals surface area (Å²) < 4.78 is 5.87. The second kappa shape index (κ2) is 9.20. The molecule has 2 N–H and O–H groups in total. The zero-order valence-corrected chi connectivity index (χ0v) is 18.2. The number of carbonyl (C=O) groups is 2. The quantitative estimate of drug-likeness (QED) is 0.586. The van der Waals surface area contributed by atoms with Crippen molar-refractivity contribution >= 4 is 11.9 Å². The highest BCUT2D eigenvalue weighted by Crippen LogP contribution is 2.33. The third-order valence-electron chi connectivity index (χ3n) is 6.00. The molecule has 0 saturated heterocycles. The van der Waals surface area contributed by atoms with Crippen LogP contribution >= 0.6 is 0 Å². The maximum absolute atomic E-state index is 13.2. The van der Waals surface area contributed by atoms with Gasteiger partial charge >= 0.3 is 6.03 Å². The SMILES string of the molecule is O=C1NC2=C(C(=O)N(CCc3ccccc3)C2)[C@H](c2ccc(OCc3ccccc3)cc2)N1. The van der Waals surface area contributed by atoms with E-state index >= 15 is 0 Å². The summed E-state index contributed by atoms with van der Waals surface area (Å²) in [6.45, 7) is 1.50. The van der Waals surface area contributed by atoms with Crippen LogP contribution in [0.5, 0.6) is 5.75 Å². The van der Waals surface area contributed by atoms with Crippen LogP contribution in [0, 0.1) is 0 Å². The highest BCUT2D eigenvalue weighted by atomic mass is 16.5. The van der Waals surface area contributed by atoms with Gasteiger partial charge in [0.2, 0.25) is 0 Å². The van der Waals surface area contributed by atoms with E-state index in [4.69, 9.17) is 4.74 Å². The largest absolute Gasteiger partial charge is 0.489 e. The van der Waals surface area contributed by atoms with Gasteiger partial charge in [0, 0.05) is 6.54 Å². The van der Waals surface area contributed by atoms with E-state index < -0.39 is 6.04 Å². The first kappa shape index (κ1) is 20.8. The molecule has 5 rings (SSSR count). The first-order chi connectivity index (χ1) is 16.2. The lowest BCUT2D eigenvalue weighted by atomic mass is 9.96. The van der Waals surface area contributed by atoms with Gasteiger partial charge in [-0.05, 0) is 35.2 Å². The van der Waals surface area contributed by atoms with Crippen molar-refractivity contribution in [2.45, 2.75) is 19.1 Å². The van der Waals surface area contributed by atoms with Gasteiger partial charge in [0.15, 0.2) is 0 Å². The lowest BCUT2D eigenvalue weighted by Gasteiger charge is -2.25. The smallest absolute Gasteiger partial charge is 0.319 e. The molecular weight excluding hydrogens is 414 g/mol. The van der Waals surface area contributed by atoms with Gasteiger partial charge in [-0.3, -0.25) is 4.79 Å². The Kier molecular flexibility index (Phi) is 5.81. The summed E-state index contributed by atoms with van der Waals surface area (Å²) >= 11 is 0. The van der Waals surface area contributed by atoms with E-state index in [1.165, 1.54) is 5.56 Å². The molecule has 2 aliphatic rings. The van der Waals surface area contributed by atoms with E-state index in [1.54, 1.807) is 4.90 Å². The van der Waals surface area contributed by atoms with Gasteiger partial charge in [0.1, 0.15) is 12.4 Å². The molecule has 0 spiro atoms. The zero-order valence-electron chi connectivity index (χ0n) is 18.2. The average molecular weight is 440 g/mol. The maximum Gasteiger partial charge on any atom is 0.319 e. The lowest BCUT2D eigenvalue weighted by molar-refractivity contribution is -0.125. The van der Waals surface area contributed by atoms with Crippen LogP contribution in [0.1, 0.15) is 22.7 Å². The number of amides is 3. The fourth-order valence-electron chi connectivity index (χ4n) is 4.26. The predicted octanol–water partition coefficient (Wildman–Crippen LogP) is 3.96. The van der Waals surface area contributed by atoms with E-state index in [0.717, 1.165) is 23.3 Å². The Morgan fingerprint density at radius 3 is 2.21 bits per heavy atom. The molecule has 3 aromatic rings. The van der Waals surface area contributed by atoms with E-state index in [1.807, 2.05) is 72.8 Å². The molecule has 0 aliphatic carbocycles. The van der Waals surface area contributed by atoms with Crippen molar-refractivity contribution in [2.24, 2.45) is 0 Å². The molecule has 0 saturated carbocycles. The second-order valence-electron chi connectivity index (χ2n) is 8.23. The monoisotopic (exact) mass is 439 g/mol. The van der Waals surface area contributed by atoms with Crippen LogP contribution in [0.2, 0.25) is 0 Å². The Labute approximate surface area is 192 Å². The van der Waals surface area contributed by atoms with Gasteiger partial charge in [-0.2, -0.15) is 0 Å². The van der Waals surface area contributed by atoms with Crippen molar-refractivity contribution in [3.63, 3.8) is 0 Å². The summed E-state index contributed by atoms with van der Waals surface area (Å²) in [5.74, 6) is 0.696. The van der Waals surface area contributed by atoms with E-state index in [2.05, 4.69) is 22.8 Å². The number of nitrogens with one attached hydrogen (secondary N) is 2. The Hall–Kier alpha value is -4.06. The van der Waals surface area contributed by atoms with Crippen LogP contribution in [-0.2, 0) is 17.8 Å². The Balaban J connectivity index is 1.28. The predicted molar refractivity (Wildman–Crippen MR) is 125 cm³/mol. The normalized spacial score (nSPS) is 17.5. The van der Waals surface area contributed by atoms with Crippen molar-refractivity contribution in [1.29, 1.82) is 0 Å². The first-order valence-electron chi connectivity index (χ1n) is 11.1. The molecule has 0 fully saturated rings. The first-order valence-corrected chi connectivity index (χ1v) is 11.1. The molecule has 1 atom stereocenters. The molecule has 0 aromatic heterocycles. The third kappa shape index (κ3) is 4.60. The Bertz CT molecular complexity index is 1170. The van der Waals surface area contributed by atoms with Gasteiger partial charge in [-0.15, -0.1) is 0 Å². The molecule has 0 radical (unpaired) electrons. The van der Waals surface area contributed by atoms with Crippen molar-refractivity contribution < 1.29 is 14.3 Å². The number of hydrogen-bond acceptors (Lipinski definition) is 3. The fourth-order valence-corrected chi connectivity index (χ4v) is 4.26. The van der Waals surface area contributed by atoms with Crippen LogP contribution in [-0.4, -0.2) is 29.9 Å². The van der Waals surface area contributed by atoms with E-state index in [-0.39, 0.29) is 11.9 Å². The molecule has 2 heterocycles. The van der Waals surface area contributed by atoms with E-state index in [9.17, 15) is 9.59 Å². The minimum atomic E-state index is -0.480. The minimum Gasteiger partial charge on any atom is -0.489 e. The van der Waals surface area contributed by atoms with Gasteiger partial charge < -0.3 is 20.3 Å². The molecule has 3 amide bonds. The second-order valence-corrected chi connectivity index (χ2v) is 8.23. The van der Waals surface area contributed by atoms with Crippen LogP contribution in [0.15, 0.2) is 96.2 Å². The topological polar surface area (TPSA) is 70.7 Å². The molecular formula is C27H25N3O3. The number of hydrogen-bond donors (Lipinski definition) is 2. The number of nitrogens with zero attached hydrogens (tertiary/aromatic N) is 1. The van der Waals surface area contributed by atoms with Gasteiger partial charge in [0.05, 0.1) is 23.9 Å². The number of rotatable bonds is 7. The van der Waals surface area contributed by atoms with Gasteiger partial charge in [-0.1, -0.05) is 72.8 Å². The summed E-state index contributed by atoms with van der Waals surface area (Å²) in [6.07, 6.45) is 0.770. The number of ether oxygens (including phenoxy) is 1. The highest BCUT2D eigenvalue weighted by molar-refractivity contribution is 6.01. The van der Waals surface area contributed by atoms with Crippen molar-refractivity contribution in [3.8, 4) is 5.75 Å². The molecule has 3 aromatic carbocycles. The molecule has 2 aliphatic heterocycles. The van der Waals surface area contributed by atoms with Gasteiger partial charge in [-0.25, -0.2) is 4.79 Å². The third-order valence-corrected chi connectivity index (χ3v) is 6.00. The van der Waals surface area contributed by atoms with Crippen LogP contribution in [0.25, 0.3) is 0 Å². The van der Waals surface area contributed by atoms with Crippen molar-refractivity contribution in [2.75, 3.05) is 13.1 Å². The Morgan fingerprint density at radius 1 is 0.848 bits per heavy atom. The molecule has 0 unspecified atom stereocenters. The highest BCUT2D eigenvalue weighted by Gasteiger charge is 2.40. The fraction of sp³-hybridized carbons (Fsp3) is 0.185. The maximum atomic E-state index is 13.2. The van der Waals surface area contributed by atoms with Crippen LogP contribution < -0.4 is 15.4 Å². The molecule has 0 bridgehead atoms. The van der Waals surface area contributed by atoms with E-state index in [0.29, 0.717) is 31.0 Å². The zero-order chi connectivity index (χ0) is 22.6. The lowest BCUT2D eigenvalue weighted by Crippen LogP contribution is -2.44. The molecule has 33 heavy (non-hydrogen) atoms. The summed E-state index contributed by atoms with van der Waals surface area (Å²) in [5.41, 5.74) is 4.42. The summed E-state index contributed by atoms with van der Waals surface area (Å²) in [7, 11) is 0. The summed E-state index contributed by atoms with van der Waals surface area (Å²) in [4.78, 5) is 27.3. The number of urea groups is 1. The standard InChI is InChI=1S/C27H25N3O3/c31-26-24-23(17-30(26)16-15-19-7-3-1-4-8-19)28-27(32)29-25(24)21-11-13-22(14-12-21)33-18-20-9-5-2-6-10-20/h1-14,25H,15-18H2,(H2,28,29,32)/t25-/m0/s1. The average Bonchev–Trinajstić information content (AvgIpc) is 3.17.